The van der Waals surface area contributed by atoms with Gasteiger partial charge in [0.15, 0.2) is 0 Å². The Kier molecular flexibility index (Phi) is 7.47. The molecule has 1 aliphatic heterocycles. The highest BCUT2D eigenvalue weighted by molar-refractivity contribution is 7.89. The van der Waals surface area contributed by atoms with Crippen LogP contribution in [-0.2, 0) is 14.8 Å². The molecule has 20 heavy (non-hydrogen) atoms. The van der Waals surface area contributed by atoms with E-state index in [0.717, 1.165) is 38.8 Å². The first-order chi connectivity index (χ1) is 9.45. The van der Waals surface area contributed by atoms with Gasteiger partial charge in [0.25, 0.3) is 0 Å². The molecule has 0 atom stereocenters. The zero-order valence-electron chi connectivity index (χ0n) is 12.3. The van der Waals surface area contributed by atoms with E-state index in [0.29, 0.717) is 18.9 Å². The first kappa shape index (κ1) is 17.4. The summed E-state index contributed by atoms with van der Waals surface area (Å²) in [4.78, 5) is 11.0. The smallest absolute Gasteiger partial charge is 0.232 e. The van der Waals surface area contributed by atoms with Crippen molar-refractivity contribution in [3.63, 3.8) is 0 Å². The highest BCUT2D eigenvalue weighted by Gasteiger charge is 2.25. The summed E-state index contributed by atoms with van der Waals surface area (Å²) in [5, 5.41) is 3.27. The van der Waals surface area contributed by atoms with Crippen molar-refractivity contribution in [1.29, 1.82) is 0 Å². The van der Waals surface area contributed by atoms with E-state index in [1.165, 1.54) is 4.31 Å². The molecular weight excluding hydrogens is 278 g/mol. The van der Waals surface area contributed by atoms with Crippen molar-refractivity contribution in [2.24, 2.45) is 11.7 Å². The third-order valence-corrected chi connectivity index (χ3v) is 5.58. The van der Waals surface area contributed by atoms with Crippen molar-refractivity contribution in [3.8, 4) is 0 Å². The molecule has 0 spiro atoms. The van der Waals surface area contributed by atoms with E-state index < -0.39 is 15.9 Å². The van der Waals surface area contributed by atoms with Gasteiger partial charge in [0.05, 0.1) is 12.3 Å². The van der Waals surface area contributed by atoms with Gasteiger partial charge in [0, 0.05) is 6.54 Å². The molecule has 0 saturated carbocycles. The third kappa shape index (κ3) is 6.19. The fraction of sp³-hybridized carbons (Fsp3) is 0.923. The van der Waals surface area contributed by atoms with Crippen molar-refractivity contribution in [3.05, 3.63) is 0 Å². The number of nitrogens with zero attached hydrogens (tertiary/aromatic N) is 1. The second-order valence-corrected chi connectivity index (χ2v) is 7.54. The fourth-order valence-electron chi connectivity index (χ4n) is 2.44. The van der Waals surface area contributed by atoms with E-state index in [1.807, 2.05) is 6.92 Å². The molecule has 1 saturated heterocycles. The molecule has 0 radical (unpaired) electrons. The molecular formula is C13H27N3O3S. The molecule has 6 nitrogen and oxygen atoms in total. The van der Waals surface area contributed by atoms with Gasteiger partial charge in [-0.1, -0.05) is 13.3 Å². The van der Waals surface area contributed by atoms with Gasteiger partial charge in [-0.15, -0.1) is 0 Å². The van der Waals surface area contributed by atoms with Crippen molar-refractivity contribution in [1.82, 2.24) is 9.62 Å². The van der Waals surface area contributed by atoms with E-state index in [9.17, 15) is 13.2 Å². The number of unbranched alkanes of at least 4 members (excludes halogenated alkanes) is 1. The lowest BCUT2D eigenvalue weighted by atomic mass is 9.96. The molecule has 1 rings (SSSR count). The minimum atomic E-state index is -3.38. The number of carbonyl (C=O) groups excluding carboxylic acids is 1. The molecule has 0 bridgehead atoms. The number of sulfonamides is 1. The highest BCUT2D eigenvalue weighted by Crippen LogP contribution is 2.18. The molecule has 0 aromatic carbocycles. The number of nitrogens with two attached hydrogens (primary N) is 1. The number of rotatable bonds is 9. The molecule has 1 aliphatic rings. The SMILES string of the molecule is CCCCN(CC(N)=O)S(=O)(=O)CCC1CCNCC1. The van der Waals surface area contributed by atoms with Crippen molar-refractivity contribution >= 4 is 15.9 Å². The van der Waals surface area contributed by atoms with Crippen molar-refractivity contribution in [2.75, 3.05) is 31.9 Å². The Balaban J connectivity index is 2.53. The summed E-state index contributed by atoms with van der Waals surface area (Å²) in [6.45, 7) is 4.10. The molecule has 0 aliphatic carbocycles. The Hall–Kier alpha value is -0.660. The molecule has 0 aromatic heterocycles. The van der Waals surface area contributed by atoms with Crippen LogP contribution >= 0.6 is 0 Å². The summed E-state index contributed by atoms with van der Waals surface area (Å²) in [7, 11) is -3.38. The van der Waals surface area contributed by atoms with E-state index in [2.05, 4.69) is 5.32 Å². The number of primary amides is 1. The lowest BCUT2D eigenvalue weighted by Crippen LogP contribution is -2.40. The van der Waals surface area contributed by atoms with E-state index >= 15 is 0 Å². The maximum Gasteiger partial charge on any atom is 0.232 e. The molecule has 0 aromatic rings. The highest BCUT2D eigenvalue weighted by atomic mass is 32.2. The van der Waals surface area contributed by atoms with Crippen LogP contribution in [0.15, 0.2) is 0 Å². The standard InChI is InChI=1S/C13H27N3O3S/c1-2-3-9-16(11-13(14)17)20(18,19)10-6-12-4-7-15-8-5-12/h12,15H,2-11H2,1H3,(H2,14,17). The molecule has 1 heterocycles. The number of carbonyl (C=O) groups is 1. The van der Waals surface area contributed by atoms with Crippen LogP contribution < -0.4 is 11.1 Å². The van der Waals surface area contributed by atoms with Gasteiger partial charge in [0.2, 0.25) is 15.9 Å². The molecule has 1 amide bonds. The maximum absolute atomic E-state index is 12.3. The Bertz CT molecular complexity index is 392. The largest absolute Gasteiger partial charge is 0.369 e. The van der Waals surface area contributed by atoms with Crippen LogP contribution in [-0.4, -0.2) is 50.6 Å². The monoisotopic (exact) mass is 305 g/mol. The number of hydrogen-bond acceptors (Lipinski definition) is 4. The van der Waals surface area contributed by atoms with Gasteiger partial charge < -0.3 is 11.1 Å². The molecule has 3 N–H and O–H groups in total. The lowest BCUT2D eigenvalue weighted by Gasteiger charge is -2.25. The lowest BCUT2D eigenvalue weighted by molar-refractivity contribution is -0.118. The van der Waals surface area contributed by atoms with Crippen molar-refractivity contribution < 1.29 is 13.2 Å². The topological polar surface area (TPSA) is 92.5 Å². The first-order valence-electron chi connectivity index (χ1n) is 7.42. The van der Waals surface area contributed by atoms with Crippen LogP contribution in [0.5, 0.6) is 0 Å². The molecule has 1 fully saturated rings. The first-order valence-corrected chi connectivity index (χ1v) is 9.03. The van der Waals surface area contributed by atoms with Crippen LogP contribution in [0, 0.1) is 5.92 Å². The summed E-state index contributed by atoms with van der Waals surface area (Å²) in [5.74, 6) is -0.00606. The Morgan fingerprint density at radius 2 is 2.00 bits per heavy atom. The summed E-state index contributed by atoms with van der Waals surface area (Å²) >= 11 is 0. The van der Waals surface area contributed by atoms with Crippen LogP contribution in [0.1, 0.15) is 39.0 Å². The van der Waals surface area contributed by atoms with Gasteiger partial charge in [-0.25, -0.2) is 8.42 Å². The number of piperidine rings is 1. The normalized spacial score (nSPS) is 17.5. The van der Waals surface area contributed by atoms with Gasteiger partial charge in [-0.3, -0.25) is 4.79 Å². The second kappa shape index (κ2) is 8.59. The Labute approximate surface area is 122 Å². The second-order valence-electron chi connectivity index (χ2n) is 5.45. The summed E-state index contributed by atoms with van der Waals surface area (Å²) < 4.78 is 25.9. The van der Waals surface area contributed by atoms with Crippen molar-refractivity contribution in [2.45, 2.75) is 39.0 Å². The zero-order valence-corrected chi connectivity index (χ0v) is 13.1. The number of amides is 1. The van der Waals surface area contributed by atoms with Gasteiger partial charge in [-0.05, 0) is 44.7 Å². The molecule has 0 unspecified atom stereocenters. The number of nitrogens with one attached hydrogen (secondary N) is 1. The van der Waals surface area contributed by atoms with Crippen LogP contribution in [0.25, 0.3) is 0 Å². The van der Waals surface area contributed by atoms with Gasteiger partial charge >= 0.3 is 0 Å². The Morgan fingerprint density at radius 1 is 1.35 bits per heavy atom. The van der Waals surface area contributed by atoms with E-state index in [-0.39, 0.29) is 12.3 Å². The zero-order chi connectivity index (χ0) is 15.0. The molecule has 7 heteroatoms. The average Bonchev–Trinajstić information content (AvgIpc) is 2.42. The van der Waals surface area contributed by atoms with Crippen LogP contribution in [0.4, 0.5) is 0 Å². The third-order valence-electron chi connectivity index (χ3n) is 3.73. The van der Waals surface area contributed by atoms with Crippen LogP contribution in [0.2, 0.25) is 0 Å². The predicted molar refractivity (Wildman–Crippen MR) is 79.7 cm³/mol. The average molecular weight is 305 g/mol. The Morgan fingerprint density at radius 3 is 2.55 bits per heavy atom. The van der Waals surface area contributed by atoms with E-state index in [1.54, 1.807) is 0 Å². The summed E-state index contributed by atoms with van der Waals surface area (Å²) in [6.07, 6.45) is 4.37. The maximum atomic E-state index is 12.3. The number of hydrogen-bond donors (Lipinski definition) is 2. The minimum absolute atomic E-state index is 0.120. The van der Waals surface area contributed by atoms with E-state index in [4.69, 9.17) is 5.73 Å². The summed E-state index contributed by atoms with van der Waals surface area (Å²) in [5.41, 5.74) is 5.15. The van der Waals surface area contributed by atoms with Gasteiger partial charge in [-0.2, -0.15) is 4.31 Å². The molecule has 118 valence electrons. The minimum Gasteiger partial charge on any atom is -0.369 e. The quantitative estimate of drug-likeness (QED) is 0.640. The summed E-state index contributed by atoms with van der Waals surface area (Å²) in [6, 6.07) is 0. The fourth-order valence-corrected chi connectivity index (χ4v) is 4.06. The van der Waals surface area contributed by atoms with Crippen LogP contribution in [0.3, 0.4) is 0 Å². The van der Waals surface area contributed by atoms with Gasteiger partial charge in [0.1, 0.15) is 0 Å². The predicted octanol–water partition coefficient (Wildman–Crippen LogP) is 0.293.